The van der Waals surface area contributed by atoms with Gasteiger partial charge >= 0.3 is 0 Å². The summed E-state index contributed by atoms with van der Waals surface area (Å²) in [6.07, 6.45) is 0. The number of rotatable bonds is 6. The predicted molar refractivity (Wildman–Crippen MR) is 223 cm³/mol. The van der Waals surface area contributed by atoms with Gasteiger partial charge in [-0.25, -0.2) is 0 Å². The van der Waals surface area contributed by atoms with Gasteiger partial charge in [0.15, 0.2) is 0 Å². The number of hydrogen-bond acceptors (Lipinski definition) is 2. The predicted octanol–water partition coefficient (Wildman–Crippen LogP) is 14.1. The summed E-state index contributed by atoms with van der Waals surface area (Å²) in [6, 6.07) is 65.3. The Morgan fingerprint density at radius 1 is 0.434 bits per heavy atom. The highest BCUT2D eigenvalue weighted by Crippen LogP contribution is 2.45. The van der Waals surface area contributed by atoms with Crippen molar-refractivity contribution in [2.45, 2.75) is 13.8 Å². The van der Waals surface area contributed by atoms with Gasteiger partial charge < -0.3 is 13.9 Å². The lowest BCUT2D eigenvalue weighted by Gasteiger charge is -2.28. The number of para-hydroxylation sites is 4. The molecule has 0 unspecified atom stereocenters. The molecule has 2 aromatic heterocycles. The van der Waals surface area contributed by atoms with Crippen molar-refractivity contribution < 1.29 is 4.42 Å². The topological polar surface area (TPSA) is 21.3 Å². The number of nitrogens with zero attached hydrogens (tertiary/aromatic N) is 2. The number of anilines is 3. The molecule has 3 nitrogen and oxygen atoms in total. The van der Waals surface area contributed by atoms with E-state index in [1.165, 1.54) is 44.1 Å². The molecule has 10 aromatic rings. The summed E-state index contributed by atoms with van der Waals surface area (Å²) in [5.41, 5.74) is 15.6. The number of benzene rings is 8. The molecular weight excluding hydrogens is 645 g/mol. The average Bonchev–Trinajstić information content (AvgIpc) is 3.75. The summed E-state index contributed by atoms with van der Waals surface area (Å²) in [5, 5.41) is 4.69. The summed E-state index contributed by atoms with van der Waals surface area (Å²) < 4.78 is 9.12. The zero-order chi connectivity index (χ0) is 35.5. The molecule has 0 saturated heterocycles. The molecular formula is C50H36N2O. The zero-order valence-electron chi connectivity index (χ0n) is 29.6. The Morgan fingerprint density at radius 3 is 1.85 bits per heavy atom. The monoisotopic (exact) mass is 680 g/mol. The van der Waals surface area contributed by atoms with E-state index in [1.807, 2.05) is 6.07 Å². The maximum atomic E-state index is 6.74. The van der Waals surface area contributed by atoms with Gasteiger partial charge in [0.1, 0.15) is 11.2 Å². The number of fused-ring (bicyclic) bond motifs is 6. The summed E-state index contributed by atoms with van der Waals surface area (Å²) in [5.74, 6) is 0. The van der Waals surface area contributed by atoms with Gasteiger partial charge in [-0.15, -0.1) is 0 Å². The molecule has 3 heteroatoms. The molecule has 0 aliphatic heterocycles. The quantitative estimate of drug-likeness (QED) is 0.174. The highest BCUT2D eigenvalue weighted by atomic mass is 16.3. The fourth-order valence-electron chi connectivity index (χ4n) is 8.14. The molecule has 8 aromatic carbocycles. The SMILES string of the molecule is Cc1cc(N(c2cc(-c3cccc(-n4c5ccccc5c5ccccc54)c3)c3oc4ccccc4c3c2)c2ccccc2C)ccc1-c1ccccc1. The van der Waals surface area contributed by atoms with Crippen molar-refractivity contribution in [1.82, 2.24) is 4.57 Å². The van der Waals surface area contributed by atoms with Crippen LogP contribution in [0, 0.1) is 13.8 Å². The maximum Gasteiger partial charge on any atom is 0.143 e. The van der Waals surface area contributed by atoms with Gasteiger partial charge in [-0.3, -0.25) is 0 Å². The smallest absolute Gasteiger partial charge is 0.143 e. The Labute approximate surface area is 308 Å². The minimum atomic E-state index is 0.880. The average molecular weight is 681 g/mol. The molecule has 0 spiro atoms. The van der Waals surface area contributed by atoms with Crippen molar-refractivity contribution in [2.24, 2.45) is 0 Å². The minimum Gasteiger partial charge on any atom is -0.455 e. The van der Waals surface area contributed by atoms with Crippen molar-refractivity contribution in [3.05, 3.63) is 193 Å². The summed E-state index contributed by atoms with van der Waals surface area (Å²) >= 11 is 0. The van der Waals surface area contributed by atoms with Crippen LogP contribution < -0.4 is 4.90 Å². The lowest BCUT2D eigenvalue weighted by Crippen LogP contribution is -2.12. The molecule has 0 radical (unpaired) electrons. The van der Waals surface area contributed by atoms with Gasteiger partial charge in [0, 0.05) is 49.9 Å². The second-order valence-electron chi connectivity index (χ2n) is 13.9. The van der Waals surface area contributed by atoms with E-state index in [0.717, 1.165) is 55.8 Å². The first-order valence-corrected chi connectivity index (χ1v) is 18.2. The van der Waals surface area contributed by atoms with Crippen LogP contribution in [0.3, 0.4) is 0 Å². The zero-order valence-corrected chi connectivity index (χ0v) is 29.6. The molecule has 0 fully saturated rings. The molecule has 0 N–H and O–H groups in total. The molecule has 0 bridgehead atoms. The van der Waals surface area contributed by atoms with Crippen LogP contribution in [0.4, 0.5) is 17.1 Å². The number of hydrogen-bond donors (Lipinski definition) is 0. The van der Waals surface area contributed by atoms with Crippen LogP contribution in [0.5, 0.6) is 0 Å². The second-order valence-corrected chi connectivity index (χ2v) is 13.9. The van der Waals surface area contributed by atoms with E-state index >= 15 is 0 Å². The first-order chi connectivity index (χ1) is 26.1. The van der Waals surface area contributed by atoms with Crippen LogP contribution in [0.15, 0.2) is 186 Å². The lowest BCUT2D eigenvalue weighted by atomic mass is 9.98. The first-order valence-electron chi connectivity index (χ1n) is 18.2. The van der Waals surface area contributed by atoms with E-state index in [1.54, 1.807) is 0 Å². The van der Waals surface area contributed by atoms with Gasteiger partial charge in [0.05, 0.1) is 11.0 Å². The molecule has 0 amide bonds. The van der Waals surface area contributed by atoms with Crippen molar-refractivity contribution >= 4 is 60.8 Å². The summed E-state index contributed by atoms with van der Waals surface area (Å²) in [4.78, 5) is 2.40. The highest BCUT2D eigenvalue weighted by Gasteiger charge is 2.22. The summed E-state index contributed by atoms with van der Waals surface area (Å²) in [7, 11) is 0. The van der Waals surface area contributed by atoms with Crippen LogP contribution >= 0.6 is 0 Å². The first kappa shape index (κ1) is 30.9. The fraction of sp³-hybridized carbons (Fsp3) is 0.0400. The van der Waals surface area contributed by atoms with Crippen molar-refractivity contribution in [3.8, 4) is 27.9 Å². The van der Waals surface area contributed by atoms with E-state index in [9.17, 15) is 0 Å². The lowest BCUT2D eigenvalue weighted by molar-refractivity contribution is 0.670. The van der Waals surface area contributed by atoms with E-state index in [-0.39, 0.29) is 0 Å². The van der Waals surface area contributed by atoms with E-state index in [2.05, 4.69) is 199 Å². The Kier molecular flexibility index (Phi) is 7.26. The van der Waals surface area contributed by atoms with Crippen LogP contribution in [0.25, 0.3) is 71.7 Å². The largest absolute Gasteiger partial charge is 0.455 e. The Balaban J connectivity index is 1.22. The van der Waals surface area contributed by atoms with Crippen molar-refractivity contribution in [2.75, 3.05) is 4.90 Å². The Morgan fingerprint density at radius 2 is 1.09 bits per heavy atom. The third-order valence-corrected chi connectivity index (χ3v) is 10.6. The molecule has 0 atom stereocenters. The molecule has 2 heterocycles. The standard InChI is InChI=1S/C50H36N2O/c1-33-15-6-10-23-46(33)51(38-27-28-40(34(2)29-38)35-16-4-3-5-17-35)39-31-44(50-45(32-39)43-22-9-13-26-49(43)53-50)36-18-14-19-37(30-36)52-47-24-11-7-20-41(47)42-21-8-12-25-48(42)52/h3-32H,1-2H3. The normalized spacial score (nSPS) is 11.6. The highest BCUT2D eigenvalue weighted by molar-refractivity contribution is 6.12. The molecule has 0 saturated carbocycles. The van der Waals surface area contributed by atoms with Crippen LogP contribution in [0.1, 0.15) is 11.1 Å². The Hall–Kier alpha value is -6.84. The van der Waals surface area contributed by atoms with Gasteiger partial charge in [0.2, 0.25) is 0 Å². The minimum absolute atomic E-state index is 0.880. The molecule has 252 valence electrons. The molecule has 10 rings (SSSR count). The van der Waals surface area contributed by atoms with Crippen molar-refractivity contribution in [1.29, 1.82) is 0 Å². The van der Waals surface area contributed by atoms with Gasteiger partial charge in [-0.05, 0) is 102 Å². The maximum absolute atomic E-state index is 6.74. The van der Waals surface area contributed by atoms with Crippen LogP contribution in [0.2, 0.25) is 0 Å². The second kappa shape index (κ2) is 12.4. The van der Waals surface area contributed by atoms with Gasteiger partial charge in [0.25, 0.3) is 0 Å². The van der Waals surface area contributed by atoms with Crippen LogP contribution in [-0.2, 0) is 0 Å². The number of aryl methyl sites for hydroxylation is 2. The third-order valence-electron chi connectivity index (χ3n) is 10.6. The molecule has 53 heavy (non-hydrogen) atoms. The third kappa shape index (κ3) is 5.12. The van der Waals surface area contributed by atoms with E-state index < -0.39 is 0 Å². The number of aromatic nitrogens is 1. The summed E-state index contributed by atoms with van der Waals surface area (Å²) in [6.45, 7) is 4.40. The van der Waals surface area contributed by atoms with Gasteiger partial charge in [-0.1, -0.05) is 121 Å². The van der Waals surface area contributed by atoms with Gasteiger partial charge in [-0.2, -0.15) is 0 Å². The molecule has 0 aliphatic carbocycles. The van der Waals surface area contributed by atoms with E-state index in [0.29, 0.717) is 0 Å². The fourth-order valence-corrected chi connectivity index (χ4v) is 8.14. The van der Waals surface area contributed by atoms with E-state index in [4.69, 9.17) is 4.42 Å². The number of furan rings is 1. The molecule has 0 aliphatic rings. The van der Waals surface area contributed by atoms with Crippen molar-refractivity contribution in [3.63, 3.8) is 0 Å². The van der Waals surface area contributed by atoms with Crippen LogP contribution in [-0.4, -0.2) is 4.57 Å². The Bertz CT molecular complexity index is 2930.